The molecule has 0 radical (unpaired) electrons. The molecule has 1 aliphatic rings. The first kappa shape index (κ1) is 22.2. The molecular weight excluding hydrogens is 481 g/mol. The molecule has 0 saturated heterocycles. The van der Waals surface area contributed by atoms with Gasteiger partial charge in [0, 0.05) is 4.47 Å². The lowest BCUT2D eigenvalue weighted by atomic mass is 9.92. The first-order chi connectivity index (χ1) is 14.3. The van der Waals surface area contributed by atoms with Crippen LogP contribution >= 0.6 is 15.9 Å². The lowest BCUT2D eigenvalue weighted by molar-refractivity contribution is 0.0595. The molecule has 0 aliphatic carbocycles. The highest BCUT2D eigenvalue weighted by Gasteiger charge is 2.35. The largest absolute Gasteiger partial charge is 0.492 e. The number of hydrogen-bond donors (Lipinski definition) is 0. The molecule has 2 unspecified atom stereocenters. The van der Waals surface area contributed by atoms with E-state index in [1.54, 1.807) is 6.07 Å². The van der Waals surface area contributed by atoms with Gasteiger partial charge in [0.1, 0.15) is 17.1 Å². The average Bonchev–Trinajstić information content (AvgIpc) is 2.73. The summed E-state index contributed by atoms with van der Waals surface area (Å²) in [6.07, 6.45) is -0.208. The average molecular weight is 500 g/mol. The van der Waals surface area contributed by atoms with Crippen LogP contribution in [0, 0.1) is 5.82 Å². The Morgan fingerprint density at radius 3 is 2.60 bits per heavy atom. The van der Waals surface area contributed by atoms with Crippen LogP contribution in [0.15, 0.2) is 39.7 Å². The molecule has 2 aromatic carbocycles. The van der Waals surface area contributed by atoms with Crippen molar-refractivity contribution in [3.05, 3.63) is 51.7 Å². The molecule has 10 heteroatoms. The third-order valence-corrected chi connectivity index (χ3v) is 7.02. The molecule has 160 valence electrons. The highest BCUT2D eigenvalue weighted by molar-refractivity contribution is 9.10. The van der Waals surface area contributed by atoms with E-state index in [0.29, 0.717) is 6.61 Å². The Hall–Kier alpha value is -2.46. The number of methoxy groups -OCH3 is 2. The molecule has 7 nitrogen and oxygen atoms in total. The van der Waals surface area contributed by atoms with E-state index in [1.807, 2.05) is 6.92 Å². The van der Waals surface area contributed by atoms with E-state index in [-0.39, 0.29) is 32.3 Å². The van der Waals surface area contributed by atoms with Crippen LogP contribution in [-0.4, -0.2) is 37.1 Å². The second kappa shape index (κ2) is 9.13. The predicted octanol–water partition coefficient (Wildman–Crippen LogP) is 4.56. The maximum atomic E-state index is 13.5. The van der Waals surface area contributed by atoms with E-state index in [1.165, 1.54) is 19.2 Å². The second-order valence-corrected chi connectivity index (χ2v) is 8.65. The Morgan fingerprint density at radius 2 is 1.97 bits per heavy atom. The number of nitrogens with zero attached hydrogens (tertiary/aromatic N) is 1. The molecule has 0 fully saturated rings. The van der Waals surface area contributed by atoms with Gasteiger partial charge in [-0.05, 0) is 58.1 Å². The quantitative estimate of drug-likeness (QED) is 0.573. The highest BCUT2D eigenvalue weighted by Crippen LogP contribution is 2.42. The minimum atomic E-state index is -2.18. The van der Waals surface area contributed by atoms with Crippen LogP contribution in [-0.2, 0) is 20.5 Å². The maximum absolute atomic E-state index is 13.5. The molecule has 30 heavy (non-hydrogen) atoms. The number of amides is 1. The van der Waals surface area contributed by atoms with Crippen LogP contribution < -0.4 is 9.04 Å². The van der Waals surface area contributed by atoms with Crippen molar-refractivity contribution in [1.82, 2.24) is 0 Å². The van der Waals surface area contributed by atoms with Crippen molar-refractivity contribution in [1.29, 1.82) is 0 Å². The van der Waals surface area contributed by atoms with E-state index < -0.39 is 28.9 Å². The van der Waals surface area contributed by atoms with Crippen LogP contribution in [0.1, 0.15) is 35.2 Å². The van der Waals surface area contributed by atoms with Crippen LogP contribution in [0.2, 0.25) is 0 Å². The molecule has 0 saturated carbocycles. The molecule has 2 atom stereocenters. The monoisotopic (exact) mass is 499 g/mol. The fraction of sp³-hybridized carbons (Fsp3) is 0.300. The zero-order chi connectivity index (χ0) is 22.0. The Labute approximate surface area is 183 Å². The van der Waals surface area contributed by atoms with Crippen LogP contribution in [0.5, 0.6) is 5.75 Å². The zero-order valence-electron chi connectivity index (χ0n) is 16.4. The molecule has 1 amide bonds. The third kappa shape index (κ3) is 4.06. The van der Waals surface area contributed by atoms with Crippen LogP contribution in [0.3, 0.4) is 0 Å². The molecule has 0 aromatic heterocycles. The van der Waals surface area contributed by atoms with Crippen molar-refractivity contribution in [2.24, 2.45) is 0 Å². The van der Waals surface area contributed by atoms with Crippen molar-refractivity contribution >= 4 is 44.7 Å². The maximum Gasteiger partial charge on any atom is 0.426 e. The number of fused-ring (bicyclic) bond motifs is 1. The standard InChI is InChI=1S/C20H19BrFNO6S/c1-11-8-9-29-18-13(11)5-6-15(17(18)19(24)27-2)23(20(25)28-3)30(26)16-7-4-12(22)10-14(16)21/h4-7,10-11H,8-9H2,1-3H3. The van der Waals surface area contributed by atoms with Gasteiger partial charge in [-0.2, -0.15) is 4.31 Å². The van der Waals surface area contributed by atoms with Crippen LogP contribution in [0.4, 0.5) is 14.9 Å². The topological polar surface area (TPSA) is 82.1 Å². The molecular formula is C20H19BrFNO6S. The Kier molecular flexibility index (Phi) is 6.77. The zero-order valence-corrected chi connectivity index (χ0v) is 18.8. The second-order valence-electron chi connectivity index (χ2n) is 6.50. The van der Waals surface area contributed by atoms with Gasteiger partial charge >= 0.3 is 12.1 Å². The summed E-state index contributed by atoms with van der Waals surface area (Å²) in [6.45, 7) is 2.38. The van der Waals surface area contributed by atoms with Gasteiger partial charge in [-0.25, -0.2) is 18.2 Å². The van der Waals surface area contributed by atoms with Crippen molar-refractivity contribution in [3.63, 3.8) is 0 Å². The number of carbonyl (C=O) groups excluding carboxylic acids is 2. The lowest BCUT2D eigenvalue weighted by Gasteiger charge is -2.28. The summed E-state index contributed by atoms with van der Waals surface area (Å²) in [4.78, 5) is 25.4. The van der Waals surface area contributed by atoms with Gasteiger partial charge in [0.2, 0.25) is 0 Å². The Morgan fingerprint density at radius 1 is 1.23 bits per heavy atom. The first-order valence-electron chi connectivity index (χ1n) is 8.93. The number of hydrogen-bond acceptors (Lipinski definition) is 6. The van der Waals surface area contributed by atoms with Gasteiger partial charge in [0.05, 0.1) is 31.4 Å². The SMILES string of the molecule is COC(=O)c1c(N(C(=O)OC)S(=O)c2ccc(F)cc2Br)ccc2c1OCCC2C. The summed E-state index contributed by atoms with van der Waals surface area (Å²) in [6, 6.07) is 6.74. The number of carbonyl (C=O) groups is 2. The third-order valence-electron chi connectivity index (χ3n) is 4.69. The molecule has 2 aromatic rings. The normalized spacial score (nSPS) is 16.1. The molecule has 3 rings (SSSR count). The van der Waals surface area contributed by atoms with E-state index in [0.717, 1.165) is 35.5 Å². The Balaban J connectivity index is 2.23. The van der Waals surface area contributed by atoms with E-state index in [4.69, 9.17) is 14.2 Å². The lowest BCUT2D eigenvalue weighted by Crippen LogP contribution is -2.35. The number of halogens is 2. The van der Waals surface area contributed by atoms with E-state index >= 15 is 0 Å². The van der Waals surface area contributed by atoms with Gasteiger partial charge in [-0.15, -0.1) is 0 Å². The van der Waals surface area contributed by atoms with Crippen molar-refractivity contribution in [2.75, 3.05) is 25.1 Å². The first-order valence-corrected chi connectivity index (χ1v) is 10.8. The number of esters is 1. The highest BCUT2D eigenvalue weighted by atomic mass is 79.9. The number of ether oxygens (including phenoxy) is 3. The smallest absolute Gasteiger partial charge is 0.426 e. The molecule has 0 N–H and O–H groups in total. The van der Waals surface area contributed by atoms with E-state index in [9.17, 15) is 18.2 Å². The summed E-state index contributed by atoms with van der Waals surface area (Å²) in [5.74, 6) is -0.893. The summed E-state index contributed by atoms with van der Waals surface area (Å²) < 4.78 is 43.3. The number of anilines is 1. The summed E-state index contributed by atoms with van der Waals surface area (Å²) in [7, 11) is 0.150. The number of rotatable bonds is 4. The van der Waals surface area contributed by atoms with Gasteiger partial charge in [-0.3, -0.25) is 0 Å². The van der Waals surface area contributed by atoms with Crippen molar-refractivity contribution in [2.45, 2.75) is 24.2 Å². The minimum absolute atomic E-state index is 0.00360. The minimum Gasteiger partial charge on any atom is -0.492 e. The van der Waals surface area contributed by atoms with Crippen molar-refractivity contribution < 1.29 is 32.4 Å². The fourth-order valence-electron chi connectivity index (χ4n) is 3.15. The van der Waals surface area contributed by atoms with Gasteiger partial charge in [0.15, 0.2) is 11.0 Å². The van der Waals surface area contributed by atoms with Crippen LogP contribution in [0.25, 0.3) is 0 Å². The molecule has 0 bridgehead atoms. The fourth-order valence-corrected chi connectivity index (χ4v) is 5.06. The van der Waals surface area contributed by atoms with Gasteiger partial charge in [-0.1, -0.05) is 13.0 Å². The Bertz CT molecular complexity index is 1030. The predicted molar refractivity (Wildman–Crippen MR) is 112 cm³/mol. The van der Waals surface area contributed by atoms with Gasteiger partial charge in [0.25, 0.3) is 0 Å². The van der Waals surface area contributed by atoms with E-state index in [2.05, 4.69) is 15.9 Å². The summed E-state index contributed by atoms with van der Waals surface area (Å²) >= 11 is 3.16. The summed E-state index contributed by atoms with van der Waals surface area (Å²) in [5.41, 5.74) is 0.749. The molecule has 0 spiro atoms. The molecule has 1 heterocycles. The van der Waals surface area contributed by atoms with Gasteiger partial charge < -0.3 is 14.2 Å². The molecule has 1 aliphatic heterocycles. The van der Waals surface area contributed by atoms with Crippen molar-refractivity contribution in [3.8, 4) is 5.75 Å². The number of benzene rings is 2. The summed E-state index contributed by atoms with van der Waals surface area (Å²) in [5, 5.41) is 0.